The summed E-state index contributed by atoms with van der Waals surface area (Å²) in [5.41, 5.74) is -0.456. The molecule has 7 heteroatoms. The third kappa shape index (κ3) is 4.70. The van der Waals surface area contributed by atoms with Gasteiger partial charge in [-0.15, -0.1) is 0 Å². The molecule has 1 unspecified atom stereocenters. The molecule has 1 rings (SSSR count). The molecule has 0 heterocycles. The summed E-state index contributed by atoms with van der Waals surface area (Å²) in [5, 5.41) is 2.82. The molecule has 0 aliphatic carbocycles. The molecule has 0 aromatic heterocycles. The molecule has 112 valence electrons. The monoisotopic (exact) mass is 353 g/mol. The molecule has 1 N–H and O–H groups in total. The highest BCUT2D eigenvalue weighted by Crippen LogP contribution is 2.33. The standard InChI is InChI=1S/C13H15BrF3NO2/c1-3-20-12(19)8(2)7-18-11-6-9(13(15,16)17)4-5-10(11)14/h4-6,8,18H,3,7H2,1-2H3. The fraction of sp³-hybridized carbons (Fsp3) is 0.462. The summed E-state index contributed by atoms with van der Waals surface area (Å²) in [7, 11) is 0. The molecule has 0 spiro atoms. The highest BCUT2D eigenvalue weighted by molar-refractivity contribution is 9.10. The Morgan fingerprint density at radius 3 is 2.65 bits per heavy atom. The van der Waals surface area contributed by atoms with E-state index >= 15 is 0 Å². The lowest BCUT2D eigenvalue weighted by Crippen LogP contribution is -2.22. The van der Waals surface area contributed by atoms with Gasteiger partial charge in [-0.25, -0.2) is 0 Å². The zero-order valence-electron chi connectivity index (χ0n) is 11.1. The van der Waals surface area contributed by atoms with Gasteiger partial charge in [0.1, 0.15) is 0 Å². The van der Waals surface area contributed by atoms with Crippen molar-refractivity contribution in [3.05, 3.63) is 28.2 Å². The molecule has 0 bridgehead atoms. The number of ether oxygens (including phenoxy) is 1. The van der Waals surface area contributed by atoms with Crippen LogP contribution in [0, 0.1) is 5.92 Å². The van der Waals surface area contributed by atoms with Crippen molar-refractivity contribution in [2.75, 3.05) is 18.5 Å². The number of carbonyl (C=O) groups is 1. The van der Waals surface area contributed by atoms with Crippen molar-refractivity contribution in [1.29, 1.82) is 0 Å². The molecule has 3 nitrogen and oxygen atoms in total. The van der Waals surface area contributed by atoms with Crippen molar-refractivity contribution in [3.63, 3.8) is 0 Å². The number of hydrogen-bond donors (Lipinski definition) is 1. The minimum absolute atomic E-state index is 0.193. The van der Waals surface area contributed by atoms with Gasteiger partial charge in [0.25, 0.3) is 0 Å². The maximum absolute atomic E-state index is 12.6. The number of carbonyl (C=O) groups excluding carboxylic acids is 1. The second-order valence-electron chi connectivity index (χ2n) is 4.23. The molecule has 0 radical (unpaired) electrons. The topological polar surface area (TPSA) is 38.3 Å². The van der Waals surface area contributed by atoms with Crippen molar-refractivity contribution in [3.8, 4) is 0 Å². The van der Waals surface area contributed by atoms with Crippen LogP contribution in [0.5, 0.6) is 0 Å². The van der Waals surface area contributed by atoms with Crippen molar-refractivity contribution in [2.45, 2.75) is 20.0 Å². The van der Waals surface area contributed by atoms with E-state index < -0.39 is 17.7 Å². The van der Waals surface area contributed by atoms with E-state index in [0.29, 0.717) is 4.47 Å². The Balaban J connectivity index is 2.75. The van der Waals surface area contributed by atoms with Gasteiger partial charge in [-0.3, -0.25) is 4.79 Å². The van der Waals surface area contributed by atoms with Crippen LogP contribution < -0.4 is 5.32 Å². The van der Waals surface area contributed by atoms with E-state index in [1.165, 1.54) is 6.07 Å². The number of alkyl halides is 3. The Kier molecular flexibility index (Phi) is 5.86. The number of rotatable bonds is 5. The zero-order chi connectivity index (χ0) is 15.3. The highest BCUT2D eigenvalue weighted by Gasteiger charge is 2.31. The minimum Gasteiger partial charge on any atom is -0.466 e. The van der Waals surface area contributed by atoms with Gasteiger partial charge in [-0.1, -0.05) is 6.92 Å². The first-order valence-corrected chi connectivity index (χ1v) is 6.82. The number of esters is 1. The van der Waals surface area contributed by atoms with Crippen LogP contribution in [0.1, 0.15) is 19.4 Å². The summed E-state index contributed by atoms with van der Waals surface area (Å²) in [6, 6.07) is 3.31. The fourth-order valence-corrected chi connectivity index (χ4v) is 1.85. The van der Waals surface area contributed by atoms with Crippen LogP contribution in [0.4, 0.5) is 18.9 Å². The second-order valence-corrected chi connectivity index (χ2v) is 5.08. The Bertz CT molecular complexity index is 477. The summed E-state index contributed by atoms with van der Waals surface area (Å²) < 4.78 is 43.2. The number of nitrogens with one attached hydrogen (secondary N) is 1. The molecular weight excluding hydrogens is 339 g/mol. The quantitative estimate of drug-likeness (QED) is 0.810. The molecule has 1 aromatic rings. The summed E-state index contributed by atoms with van der Waals surface area (Å²) in [6.07, 6.45) is -4.40. The fourth-order valence-electron chi connectivity index (χ4n) is 1.47. The van der Waals surface area contributed by atoms with Gasteiger partial charge in [0.2, 0.25) is 0 Å². The van der Waals surface area contributed by atoms with Gasteiger partial charge >= 0.3 is 12.1 Å². The Hall–Kier alpha value is -1.24. The molecule has 0 aliphatic rings. The summed E-state index contributed by atoms with van der Waals surface area (Å²) in [6.45, 7) is 3.81. The average molecular weight is 354 g/mol. The van der Waals surface area contributed by atoms with Crippen molar-refractivity contribution in [1.82, 2.24) is 0 Å². The molecule has 0 fully saturated rings. The molecule has 1 aromatic carbocycles. The van der Waals surface area contributed by atoms with Crippen molar-refractivity contribution < 1.29 is 22.7 Å². The number of benzene rings is 1. The molecule has 20 heavy (non-hydrogen) atoms. The normalized spacial score (nSPS) is 12.9. The van der Waals surface area contributed by atoms with Crippen LogP contribution in [0.15, 0.2) is 22.7 Å². The van der Waals surface area contributed by atoms with Crippen LogP contribution in [0.25, 0.3) is 0 Å². The van der Waals surface area contributed by atoms with Gasteiger partial charge in [-0.05, 0) is 41.1 Å². The van der Waals surface area contributed by atoms with Gasteiger partial charge in [0.05, 0.1) is 18.1 Å². The van der Waals surface area contributed by atoms with E-state index in [-0.39, 0.29) is 24.8 Å². The predicted octanol–water partition coefficient (Wildman–Crippen LogP) is 4.08. The summed E-state index contributed by atoms with van der Waals surface area (Å²) >= 11 is 3.17. The number of hydrogen-bond acceptors (Lipinski definition) is 3. The molecule has 0 aliphatic heterocycles. The SMILES string of the molecule is CCOC(=O)C(C)CNc1cc(C(F)(F)F)ccc1Br. The first-order chi connectivity index (χ1) is 9.25. The third-order valence-electron chi connectivity index (χ3n) is 2.58. The number of anilines is 1. The maximum atomic E-state index is 12.6. The van der Waals surface area contributed by atoms with Gasteiger partial charge in [-0.2, -0.15) is 13.2 Å². The first-order valence-electron chi connectivity index (χ1n) is 6.03. The van der Waals surface area contributed by atoms with E-state index in [0.717, 1.165) is 12.1 Å². The zero-order valence-corrected chi connectivity index (χ0v) is 12.6. The van der Waals surface area contributed by atoms with E-state index in [9.17, 15) is 18.0 Å². The maximum Gasteiger partial charge on any atom is 0.416 e. The van der Waals surface area contributed by atoms with Crippen LogP contribution in [-0.4, -0.2) is 19.1 Å². The Labute approximate surface area is 123 Å². The van der Waals surface area contributed by atoms with Gasteiger partial charge < -0.3 is 10.1 Å². The van der Waals surface area contributed by atoms with Gasteiger partial charge in [0.15, 0.2) is 0 Å². The van der Waals surface area contributed by atoms with E-state index in [2.05, 4.69) is 21.2 Å². The Morgan fingerprint density at radius 1 is 1.45 bits per heavy atom. The van der Waals surface area contributed by atoms with Crippen molar-refractivity contribution in [2.24, 2.45) is 5.92 Å². The first kappa shape index (κ1) is 16.8. The lowest BCUT2D eigenvalue weighted by Gasteiger charge is -2.15. The van der Waals surface area contributed by atoms with Crippen LogP contribution in [0.2, 0.25) is 0 Å². The summed E-state index contributed by atoms with van der Waals surface area (Å²) in [4.78, 5) is 11.4. The molecule has 0 saturated heterocycles. The summed E-state index contributed by atoms with van der Waals surface area (Å²) in [5.74, 6) is -0.834. The lowest BCUT2D eigenvalue weighted by atomic mass is 10.1. The third-order valence-corrected chi connectivity index (χ3v) is 3.27. The molecule has 1 atom stereocenters. The van der Waals surface area contributed by atoms with Gasteiger partial charge in [0, 0.05) is 16.7 Å². The van der Waals surface area contributed by atoms with E-state index in [4.69, 9.17) is 4.74 Å². The molecule has 0 saturated carbocycles. The minimum atomic E-state index is -4.40. The highest BCUT2D eigenvalue weighted by atomic mass is 79.9. The van der Waals surface area contributed by atoms with E-state index in [1.807, 2.05) is 0 Å². The predicted molar refractivity (Wildman–Crippen MR) is 73.4 cm³/mol. The van der Waals surface area contributed by atoms with E-state index in [1.54, 1.807) is 13.8 Å². The van der Waals surface area contributed by atoms with Crippen LogP contribution >= 0.6 is 15.9 Å². The second kappa shape index (κ2) is 6.97. The Morgan fingerprint density at radius 2 is 2.10 bits per heavy atom. The molecular formula is C13H15BrF3NO2. The lowest BCUT2D eigenvalue weighted by molar-refractivity contribution is -0.146. The number of halogens is 4. The average Bonchev–Trinajstić information content (AvgIpc) is 2.36. The van der Waals surface area contributed by atoms with Crippen LogP contribution in [-0.2, 0) is 15.7 Å². The van der Waals surface area contributed by atoms with Crippen molar-refractivity contribution >= 4 is 27.6 Å². The largest absolute Gasteiger partial charge is 0.466 e. The molecule has 0 amide bonds. The smallest absolute Gasteiger partial charge is 0.416 e. The van der Waals surface area contributed by atoms with Crippen LogP contribution in [0.3, 0.4) is 0 Å².